The molecule has 0 atom stereocenters. The van der Waals surface area contributed by atoms with E-state index in [-0.39, 0.29) is 18.1 Å². The van der Waals surface area contributed by atoms with Gasteiger partial charge in [-0.15, -0.1) is 0 Å². The van der Waals surface area contributed by atoms with Crippen LogP contribution in [0.15, 0.2) is 0 Å². The van der Waals surface area contributed by atoms with Crippen LogP contribution in [0.3, 0.4) is 0 Å². The first-order valence-corrected chi connectivity index (χ1v) is 5.64. The summed E-state index contributed by atoms with van der Waals surface area (Å²) in [7, 11) is 0. The maximum atomic E-state index is 11.6. The fraction of sp³-hybridized carbons (Fsp3) is 0.909. The molecule has 0 aliphatic carbocycles. The van der Waals surface area contributed by atoms with Crippen LogP contribution in [0.1, 0.15) is 27.2 Å². The van der Waals surface area contributed by atoms with Gasteiger partial charge in [-0.2, -0.15) is 0 Å². The second-order valence-corrected chi connectivity index (χ2v) is 4.69. The molecule has 2 N–H and O–H groups in total. The molecule has 0 unspecified atom stereocenters. The molecule has 0 bridgehead atoms. The molecule has 1 rings (SSSR count). The van der Waals surface area contributed by atoms with E-state index in [0.29, 0.717) is 25.6 Å². The summed E-state index contributed by atoms with van der Waals surface area (Å²) in [6.45, 7) is 8.39. The molecule has 1 heterocycles. The first kappa shape index (κ1) is 12.5. The third-order valence-electron chi connectivity index (χ3n) is 3.05. The number of hydrogen-bond acceptors (Lipinski definition) is 3. The van der Waals surface area contributed by atoms with Gasteiger partial charge in [0.25, 0.3) is 0 Å². The molecule has 4 nitrogen and oxygen atoms in total. The lowest BCUT2D eigenvalue weighted by atomic mass is 9.80. The van der Waals surface area contributed by atoms with Gasteiger partial charge >= 0.3 is 0 Å². The number of amides is 1. The van der Waals surface area contributed by atoms with Crippen LogP contribution in [0, 0.1) is 5.92 Å². The van der Waals surface area contributed by atoms with Crippen LogP contribution in [-0.2, 0) is 9.53 Å². The van der Waals surface area contributed by atoms with E-state index in [9.17, 15) is 4.79 Å². The zero-order valence-corrected chi connectivity index (χ0v) is 9.95. The van der Waals surface area contributed by atoms with Crippen molar-refractivity contribution in [1.29, 1.82) is 0 Å². The van der Waals surface area contributed by atoms with Gasteiger partial charge in [0.15, 0.2) is 0 Å². The van der Waals surface area contributed by atoms with Crippen molar-refractivity contribution in [3.05, 3.63) is 0 Å². The quantitative estimate of drug-likeness (QED) is 0.682. The Morgan fingerprint density at radius 1 is 1.53 bits per heavy atom. The van der Waals surface area contributed by atoms with E-state index in [0.717, 1.165) is 6.42 Å². The van der Waals surface area contributed by atoms with Gasteiger partial charge < -0.3 is 15.4 Å². The zero-order valence-electron chi connectivity index (χ0n) is 9.95. The first-order valence-electron chi connectivity index (χ1n) is 5.64. The van der Waals surface area contributed by atoms with Crippen LogP contribution in [0.4, 0.5) is 0 Å². The maximum Gasteiger partial charge on any atom is 0.248 e. The van der Waals surface area contributed by atoms with Crippen molar-refractivity contribution in [3.63, 3.8) is 0 Å². The molecule has 88 valence electrons. The van der Waals surface area contributed by atoms with Crippen LogP contribution >= 0.6 is 0 Å². The fourth-order valence-corrected chi connectivity index (χ4v) is 1.60. The predicted molar refractivity (Wildman–Crippen MR) is 59.4 cm³/mol. The zero-order chi connectivity index (χ0) is 11.5. The van der Waals surface area contributed by atoms with Gasteiger partial charge in [0.05, 0.1) is 5.54 Å². The molecule has 1 aliphatic rings. The lowest BCUT2D eigenvalue weighted by molar-refractivity contribution is -0.145. The highest BCUT2D eigenvalue weighted by Crippen LogP contribution is 2.25. The lowest BCUT2D eigenvalue weighted by Crippen LogP contribution is -2.71. The van der Waals surface area contributed by atoms with Crippen molar-refractivity contribution >= 4 is 5.91 Å². The summed E-state index contributed by atoms with van der Waals surface area (Å²) >= 11 is 0. The molecule has 1 saturated heterocycles. The average molecular weight is 214 g/mol. The van der Waals surface area contributed by atoms with Crippen LogP contribution in [-0.4, -0.2) is 42.6 Å². The average Bonchev–Trinajstić information content (AvgIpc) is 2.12. The molecule has 1 amide bonds. The van der Waals surface area contributed by atoms with E-state index in [4.69, 9.17) is 10.5 Å². The number of rotatable bonds is 5. The Balaban J connectivity index is 2.23. The van der Waals surface area contributed by atoms with Crippen molar-refractivity contribution < 1.29 is 9.53 Å². The lowest BCUT2D eigenvalue weighted by Gasteiger charge is -2.50. The number of ether oxygens (including phenoxy) is 1. The largest absolute Gasteiger partial charge is 0.372 e. The van der Waals surface area contributed by atoms with Crippen LogP contribution in [0.5, 0.6) is 0 Å². The summed E-state index contributed by atoms with van der Waals surface area (Å²) in [5.74, 6) is 0.475. The Morgan fingerprint density at radius 2 is 2.13 bits per heavy atom. The van der Waals surface area contributed by atoms with E-state index in [1.807, 2.05) is 6.92 Å². The standard InChI is InChI=1S/C11H22N2O2/c1-4-5-15-6-10(14)13-7-11(12,8-13)9(2)3/h9H,4-8,12H2,1-3H3. The highest BCUT2D eigenvalue weighted by molar-refractivity contribution is 5.78. The van der Waals surface area contributed by atoms with Crippen molar-refractivity contribution in [2.75, 3.05) is 26.3 Å². The van der Waals surface area contributed by atoms with Gasteiger partial charge in [0, 0.05) is 19.7 Å². The highest BCUT2D eigenvalue weighted by Gasteiger charge is 2.43. The molecule has 1 fully saturated rings. The second-order valence-electron chi connectivity index (χ2n) is 4.69. The summed E-state index contributed by atoms with van der Waals surface area (Å²) in [6, 6.07) is 0. The van der Waals surface area contributed by atoms with Crippen LogP contribution in [0.2, 0.25) is 0 Å². The summed E-state index contributed by atoms with van der Waals surface area (Å²) in [5, 5.41) is 0. The molecular formula is C11H22N2O2. The molecule has 0 aromatic carbocycles. The number of likely N-dealkylation sites (tertiary alicyclic amines) is 1. The summed E-state index contributed by atoms with van der Waals surface area (Å²) in [5.41, 5.74) is 5.91. The fourth-order valence-electron chi connectivity index (χ4n) is 1.60. The Morgan fingerprint density at radius 3 is 2.60 bits per heavy atom. The molecule has 1 aliphatic heterocycles. The first-order chi connectivity index (χ1) is 6.99. The Kier molecular flexibility index (Phi) is 4.11. The Hall–Kier alpha value is -0.610. The van der Waals surface area contributed by atoms with Crippen molar-refractivity contribution in [1.82, 2.24) is 4.90 Å². The van der Waals surface area contributed by atoms with E-state index >= 15 is 0 Å². The normalized spacial score (nSPS) is 19.1. The summed E-state index contributed by atoms with van der Waals surface area (Å²) in [4.78, 5) is 13.3. The van der Waals surface area contributed by atoms with Crippen molar-refractivity contribution in [2.24, 2.45) is 11.7 Å². The molecule has 0 saturated carbocycles. The second kappa shape index (κ2) is 4.94. The van der Waals surface area contributed by atoms with E-state index in [2.05, 4.69) is 13.8 Å². The monoisotopic (exact) mass is 214 g/mol. The van der Waals surface area contributed by atoms with E-state index in [1.165, 1.54) is 0 Å². The van der Waals surface area contributed by atoms with Gasteiger partial charge in [-0.1, -0.05) is 20.8 Å². The minimum Gasteiger partial charge on any atom is -0.372 e. The highest BCUT2D eigenvalue weighted by atomic mass is 16.5. The molecule has 0 aromatic rings. The number of nitrogens with two attached hydrogens (primary N) is 1. The predicted octanol–water partition coefficient (Wildman–Crippen LogP) is 0.609. The molecule has 0 aromatic heterocycles. The molecule has 0 radical (unpaired) electrons. The Labute approximate surface area is 91.8 Å². The van der Waals surface area contributed by atoms with Gasteiger partial charge in [0.1, 0.15) is 6.61 Å². The smallest absolute Gasteiger partial charge is 0.248 e. The maximum absolute atomic E-state index is 11.6. The number of hydrogen-bond donors (Lipinski definition) is 1. The van der Waals surface area contributed by atoms with Crippen molar-refractivity contribution in [2.45, 2.75) is 32.7 Å². The third-order valence-corrected chi connectivity index (χ3v) is 3.05. The van der Waals surface area contributed by atoms with E-state index < -0.39 is 0 Å². The molecular weight excluding hydrogens is 192 g/mol. The van der Waals surface area contributed by atoms with Gasteiger partial charge in [-0.3, -0.25) is 4.79 Å². The van der Waals surface area contributed by atoms with Gasteiger partial charge in [0.2, 0.25) is 5.91 Å². The molecule has 15 heavy (non-hydrogen) atoms. The number of carbonyl (C=O) groups excluding carboxylic acids is 1. The molecule has 0 spiro atoms. The van der Waals surface area contributed by atoms with E-state index in [1.54, 1.807) is 4.90 Å². The number of nitrogens with zero attached hydrogens (tertiary/aromatic N) is 1. The minimum atomic E-state index is -0.180. The van der Waals surface area contributed by atoms with Gasteiger partial charge in [-0.05, 0) is 12.3 Å². The summed E-state index contributed by atoms with van der Waals surface area (Å²) < 4.78 is 5.20. The summed E-state index contributed by atoms with van der Waals surface area (Å²) in [6.07, 6.45) is 0.945. The van der Waals surface area contributed by atoms with Crippen LogP contribution < -0.4 is 5.73 Å². The van der Waals surface area contributed by atoms with Crippen LogP contribution in [0.25, 0.3) is 0 Å². The minimum absolute atomic E-state index is 0.0603. The number of carbonyl (C=O) groups is 1. The van der Waals surface area contributed by atoms with Gasteiger partial charge in [-0.25, -0.2) is 0 Å². The van der Waals surface area contributed by atoms with Crippen molar-refractivity contribution in [3.8, 4) is 0 Å². The molecule has 4 heteroatoms. The SMILES string of the molecule is CCCOCC(=O)N1CC(N)(C(C)C)C1. The third kappa shape index (κ3) is 2.92. The topological polar surface area (TPSA) is 55.6 Å². The Bertz CT molecular complexity index is 223.